The third-order valence-electron chi connectivity index (χ3n) is 14.7. The Balaban J connectivity index is 0.839. The lowest BCUT2D eigenvalue weighted by molar-refractivity contribution is -0.164. The van der Waals surface area contributed by atoms with Crippen LogP contribution in [0.5, 0.6) is 5.75 Å². The molecule has 4 heterocycles. The largest absolute Gasteiger partial charge is 0.489 e. The molecule has 0 radical (unpaired) electrons. The van der Waals surface area contributed by atoms with Crippen molar-refractivity contribution in [3.05, 3.63) is 106 Å². The molecule has 3 amide bonds. The molecule has 3 fully saturated rings. The molecule has 66 heavy (non-hydrogen) atoms. The number of nitrogens with one attached hydrogen (secondary N) is 1. The standard InChI is InChI=1S/C51H58ClN9O5/c1-31-15-18-38-40(60(31)49(64)65-6)19-20-41-43(38)56-42(25-32-11-8-7-9-12-32)61(41)36-14-10-13-33(26-36)45(63)58-21-23-59(24-22-58)48-54-29-35(30-55-48)44(62)57-46-50(2,3)47(51(46,4)5)66-37-17-16-34(28-53)39(52)27-37/h7-9,11-12,16-17,19-20,27,29-31,33,36,46-47H,10,13-15,18,21-26H2,1-6H3,(H,57,62)/t31-,33-,36-,46?,47?/m0/s1. The van der Waals surface area contributed by atoms with Gasteiger partial charge in [-0.15, -0.1) is 0 Å². The normalized spacial score (nSPS) is 23.3. The van der Waals surface area contributed by atoms with E-state index in [0.29, 0.717) is 60.4 Å². The summed E-state index contributed by atoms with van der Waals surface area (Å²) in [4.78, 5) is 61.2. The van der Waals surface area contributed by atoms with E-state index in [1.807, 2.05) is 17.0 Å². The number of nitriles is 1. The minimum Gasteiger partial charge on any atom is -0.489 e. The van der Waals surface area contributed by atoms with E-state index in [4.69, 9.17) is 26.1 Å². The molecule has 0 bridgehead atoms. The molecule has 4 aliphatic rings. The predicted molar refractivity (Wildman–Crippen MR) is 253 cm³/mol. The highest BCUT2D eigenvalue weighted by atomic mass is 35.5. The molecule has 3 aromatic carbocycles. The van der Waals surface area contributed by atoms with Crippen LogP contribution in [-0.2, 0) is 22.4 Å². The molecule has 2 saturated carbocycles. The van der Waals surface area contributed by atoms with Gasteiger partial charge < -0.3 is 29.2 Å². The zero-order chi connectivity index (χ0) is 46.5. The van der Waals surface area contributed by atoms with Crippen LogP contribution in [0.3, 0.4) is 0 Å². The summed E-state index contributed by atoms with van der Waals surface area (Å²) in [6.07, 6.45) is 8.33. The number of anilines is 2. The summed E-state index contributed by atoms with van der Waals surface area (Å²) in [5.41, 5.74) is 5.01. The van der Waals surface area contributed by atoms with Crippen LogP contribution in [0.4, 0.5) is 16.4 Å². The fourth-order valence-corrected chi connectivity index (χ4v) is 11.8. The number of benzene rings is 3. The molecule has 14 nitrogen and oxygen atoms in total. The highest BCUT2D eigenvalue weighted by Crippen LogP contribution is 2.55. The van der Waals surface area contributed by atoms with Crippen molar-refractivity contribution < 1.29 is 23.9 Å². The van der Waals surface area contributed by atoms with Crippen molar-refractivity contribution in [2.75, 3.05) is 43.1 Å². The molecular formula is C51H58ClN9O5. The Labute approximate surface area is 391 Å². The average Bonchev–Trinajstić information content (AvgIpc) is 3.70. The number of carbonyl (C=O) groups excluding carboxylic acids is 3. The lowest BCUT2D eigenvalue weighted by atomic mass is 9.49. The van der Waals surface area contributed by atoms with Gasteiger partial charge >= 0.3 is 6.09 Å². The number of fused-ring (bicyclic) bond motifs is 3. The molecule has 0 spiro atoms. The van der Waals surface area contributed by atoms with Gasteiger partial charge in [0, 0.05) is 91.5 Å². The van der Waals surface area contributed by atoms with Crippen molar-refractivity contribution in [1.82, 2.24) is 29.7 Å². The van der Waals surface area contributed by atoms with Gasteiger partial charge in [-0.25, -0.2) is 19.7 Å². The Morgan fingerprint density at radius 3 is 2.35 bits per heavy atom. The number of aryl methyl sites for hydroxylation is 1. The van der Waals surface area contributed by atoms with Crippen LogP contribution in [0.1, 0.15) is 106 Å². The van der Waals surface area contributed by atoms with E-state index in [-0.39, 0.29) is 48.1 Å². The maximum atomic E-state index is 14.3. The zero-order valence-corrected chi connectivity index (χ0v) is 39.3. The van der Waals surface area contributed by atoms with Crippen molar-refractivity contribution in [2.24, 2.45) is 16.7 Å². The quantitative estimate of drug-likeness (QED) is 0.152. The number of amides is 3. The molecule has 9 rings (SSSR count). The van der Waals surface area contributed by atoms with Crippen molar-refractivity contribution in [1.29, 1.82) is 5.26 Å². The smallest absolute Gasteiger partial charge is 0.414 e. The van der Waals surface area contributed by atoms with Crippen molar-refractivity contribution in [3.8, 4) is 11.8 Å². The first-order valence-corrected chi connectivity index (χ1v) is 23.5. The molecule has 0 unspecified atom stereocenters. The predicted octanol–water partition coefficient (Wildman–Crippen LogP) is 8.54. The van der Waals surface area contributed by atoms with E-state index in [1.165, 1.54) is 12.7 Å². The van der Waals surface area contributed by atoms with Crippen LogP contribution in [-0.4, -0.2) is 93.8 Å². The number of ether oxygens (including phenoxy) is 2. The van der Waals surface area contributed by atoms with Crippen molar-refractivity contribution in [2.45, 2.75) is 104 Å². The van der Waals surface area contributed by atoms with Gasteiger partial charge in [-0.1, -0.05) is 76.0 Å². The second-order valence-corrected chi connectivity index (χ2v) is 20.0. The molecule has 5 aromatic rings. The number of methoxy groups -OCH3 is 1. The van der Waals surface area contributed by atoms with Gasteiger partial charge in [0.15, 0.2) is 0 Å². The Morgan fingerprint density at radius 2 is 1.67 bits per heavy atom. The van der Waals surface area contributed by atoms with Gasteiger partial charge in [0.2, 0.25) is 11.9 Å². The summed E-state index contributed by atoms with van der Waals surface area (Å²) < 4.78 is 14.0. The molecule has 15 heteroatoms. The van der Waals surface area contributed by atoms with Gasteiger partial charge in [-0.2, -0.15) is 5.26 Å². The van der Waals surface area contributed by atoms with Gasteiger partial charge in [0.05, 0.1) is 40.0 Å². The molecule has 1 saturated heterocycles. The van der Waals surface area contributed by atoms with Crippen LogP contribution in [0.15, 0.2) is 73.1 Å². The Kier molecular flexibility index (Phi) is 12.2. The molecule has 3 atom stereocenters. The number of carbonyl (C=O) groups is 3. The van der Waals surface area contributed by atoms with Gasteiger partial charge in [-0.05, 0) is 68.9 Å². The zero-order valence-electron chi connectivity index (χ0n) is 38.6. The lowest BCUT2D eigenvalue weighted by Gasteiger charge is -2.63. The minimum atomic E-state index is -0.412. The van der Waals surface area contributed by atoms with E-state index >= 15 is 0 Å². The number of aromatic nitrogens is 4. The number of imidazole rings is 1. The molecular weight excluding hydrogens is 854 g/mol. The third kappa shape index (κ3) is 8.20. The first kappa shape index (κ1) is 45.0. The Morgan fingerprint density at radius 1 is 0.939 bits per heavy atom. The number of rotatable bonds is 9. The van der Waals surface area contributed by atoms with Crippen molar-refractivity contribution >= 4 is 52.2 Å². The van der Waals surface area contributed by atoms with Crippen LogP contribution in [0, 0.1) is 28.1 Å². The lowest BCUT2D eigenvalue weighted by Crippen LogP contribution is -2.74. The van der Waals surface area contributed by atoms with Crippen LogP contribution in [0.25, 0.3) is 11.0 Å². The number of hydrogen-bond donors (Lipinski definition) is 1. The number of halogens is 1. The van der Waals surface area contributed by atoms with E-state index in [9.17, 15) is 19.6 Å². The highest BCUT2D eigenvalue weighted by Gasteiger charge is 2.64. The monoisotopic (exact) mass is 911 g/mol. The number of piperazine rings is 1. The molecule has 2 aliphatic heterocycles. The Hall–Kier alpha value is -6.20. The number of hydrogen-bond acceptors (Lipinski definition) is 10. The average molecular weight is 913 g/mol. The Bertz CT molecular complexity index is 2670. The van der Waals surface area contributed by atoms with Crippen molar-refractivity contribution in [3.63, 3.8) is 0 Å². The fraction of sp³-hybridized carbons (Fsp3) is 0.471. The maximum Gasteiger partial charge on any atom is 0.414 e. The second kappa shape index (κ2) is 17.9. The summed E-state index contributed by atoms with van der Waals surface area (Å²) in [6, 6.07) is 21.6. The molecule has 1 N–H and O–H groups in total. The second-order valence-electron chi connectivity index (χ2n) is 19.6. The fourth-order valence-electron chi connectivity index (χ4n) is 11.6. The first-order valence-electron chi connectivity index (χ1n) is 23.2. The summed E-state index contributed by atoms with van der Waals surface area (Å²) in [5, 5.41) is 12.8. The summed E-state index contributed by atoms with van der Waals surface area (Å²) in [7, 11) is 1.43. The van der Waals surface area contributed by atoms with Gasteiger partial charge in [0.1, 0.15) is 23.7 Å². The first-order chi connectivity index (χ1) is 31.7. The van der Waals surface area contributed by atoms with E-state index in [2.05, 4.69) is 95.8 Å². The van der Waals surface area contributed by atoms with Gasteiger partial charge in [-0.3, -0.25) is 14.5 Å². The third-order valence-corrected chi connectivity index (χ3v) is 15.0. The van der Waals surface area contributed by atoms with E-state index in [0.717, 1.165) is 66.6 Å². The highest BCUT2D eigenvalue weighted by molar-refractivity contribution is 6.31. The number of nitrogens with zero attached hydrogens (tertiary/aromatic N) is 8. The minimum absolute atomic E-state index is 0.0194. The summed E-state index contributed by atoms with van der Waals surface area (Å²) in [6.45, 7) is 12.6. The molecule has 2 aliphatic carbocycles. The topological polar surface area (TPSA) is 159 Å². The summed E-state index contributed by atoms with van der Waals surface area (Å²) >= 11 is 6.27. The van der Waals surface area contributed by atoms with Crippen LogP contribution >= 0.6 is 11.6 Å². The molecule has 2 aromatic heterocycles. The molecule has 344 valence electrons. The van der Waals surface area contributed by atoms with E-state index < -0.39 is 10.8 Å². The maximum absolute atomic E-state index is 14.3. The van der Waals surface area contributed by atoms with Gasteiger partial charge in [0.25, 0.3) is 5.91 Å². The summed E-state index contributed by atoms with van der Waals surface area (Å²) in [5.74, 6) is 1.90. The van der Waals surface area contributed by atoms with E-state index in [1.54, 1.807) is 35.5 Å². The van der Waals surface area contributed by atoms with Crippen LogP contribution < -0.4 is 19.9 Å². The van der Waals surface area contributed by atoms with Crippen LogP contribution in [0.2, 0.25) is 5.02 Å². The SMILES string of the molecule is COC(=O)N1c2ccc3c(nc(Cc4ccccc4)n3[C@H]3CCC[C@H](C(=O)N4CCN(c5ncc(C(=O)NC6C(C)(C)C(Oc7ccc(C#N)c(Cl)c7)C6(C)C)cn5)CC4)C3)c2CC[C@@H]1C.